The van der Waals surface area contributed by atoms with Crippen LogP contribution in [0.15, 0.2) is 0 Å². The first-order chi connectivity index (χ1) is 3.00. The zero-order chi connectivity index (χ0) is 6.00. The van der Waals surface area contributed by atoms with E-state index < -0.39 is 0 Å². The monoisotopic (exact) mass is 146 g/mol. The van der Waals surface area contributed by atoms with Crippen LogP contribution < -0.4 is 23.8 Å². The van der Waals surface area contributed by atoms with Gasteiger partial charge in [0.25, 0.3) is 0 Å². The Morgan fingerprint density at radius 2 is 0.750 bits per heavy atom. The maximum absolute atomic E-state index is 4.64. The highest BCUT2D eigenvalue weighted by molar-refractivity contribution is 6.15. The Hall–Kier alpha value is 0.130. The molecule has 0 unspecified atom stereocenters. The van der Waals surface area contributed by atoms with Gasteiger partial charge in [-0.1, -0.05) is 0 Å². The molecular formula is C3H19ClN4. The molecule has 0 aromatic carbocycles. The number of rotatable bonds is 0. The minimum absolute atomic E-state index is 0. The van der Waals surface area contributed by atoms with Crippen LogP contribution in [0.25, 0.3) is 0 Å². The van der Waals surface area contributed by atoms with E-state index in [4.69, 9.17) is 0 Å². The van der Waals surface area contributed by atoms with Crippen molar-refractivity contribution in [3.63, 3.8) is 0 Å². The summed E-state index contributed by atoms with van der Waals surface area (Å²) in [5.74, 6) is 0. The van der Waals surface area contributed by atoms with E-state index in [9.17, 15) is 0 Å². The fourth-order valence-corrected chi connectivity index (χ4v) is 0. The first-order valence-corrected chi connectivity index (χ1v) is 2.29. The molecule has 58 valence electrons. The second-order valence-electron chi connectivity index (χ2n) is 0. The van der Waals surface area contributed by atoms with Crippen molar-refractivity contribution in [2.45, 2.75) is 0 Å². The third-order valence-corrected chi connectivity index (χ3v) is 0. The van der Waals surface area contributed by atoms with Gasteiger partial charge < -0.3 is 23.8 Å². The fraction of sp³-hybridized carbons (Fsp3) is 1.00. The lowest BCUT2D eigenvalue weighted by molar-refractivity contribution is 1.48. The first-order valence-electron chi connectivity index (χ1n) is 1.53. The summed E-state index contributed by atoms with van der Waals surface area (Å²) in [5, 5.41) is 0. The smallest absolute Gasteiger partial charge is 0.0108 e. The van der Waals surface area contributed by atoms with Crippen molar-refractivity contribution in [3.05, 3.63) is 0 Å². The summed E-state index contributed by atoms with van der Waals surface area (Å²) in [5.41, 5.74) is 9.00. The van der Waals surface area contributed by atoms with Crippen LogP contribution in [0.2, 0.25) is 0 Å². The molecule has 4 nitrogen and oxygen atoms in total. The van der Waals surface area contributed by atoms with Crippen LogP contribution in [0.5, 0.6) is 0 Å². The molecule has 0 atom stereocenters. The van der Waals surface area contributed by atoms with Crippen molar-refractivity contribution in [1.29, 1.82) is 0 Å². The largest absolute Gasteiger partial charge is 0.344 e. The van der Waals surface area contributed by atoms with Crippen molar-refractivity contribution in [2.24, 2.45) is 11.5 Å². The second-order valence-corrected chi connectivity index (χ2v) is 0. The van der Waals surface area contributed by atoms with Crippen molar-refractivity contribution in [1.82, 2.24) is 12.3 Å². The Morgan fingerprint density at radius 3 is 0.750 bits per heavy atom. The Balaban J connectivity index is -0.00000000500. The van der Waals surface area contributed by atoms with E-state index in [1.807, 2.05) is 0 Å². The molecule has 0 rings (SSSR count). The summed E-state index contributed by atoms with van der Waals surface area (Å²) in [7, 11) is 3.00. The van der Waals surface area contributed by atoms with Crippen molar-refractivity contribution >= 4 is 11.6 Å². The minimum Gasteiger partial charge on any atom is -0.344 e. The third-order valence-electron chi connectivity index (χ3n) is 0. The van der Waals surface area contributed by atoms with Crippen molar-refractivity contribution in [3.8, 4) is 0 Å². The van der Waals surface area contributed by atoms with Crippen LogP contribution in [0.4, 0.5) is 0 Å². The van der Waals surface area contributed by atoms with Gasteiger partial charge in [-0.15, -0.1) is 11.6 Å². The Labute approximate surface area is 56.7 Å². The molecule has 0 bridgehead atoms. The SMILES string of the molecule is CCl.CN.CN.N.N. The normalized spacial score (nSPS) is 2.25. The third kappa shape index (κ3) is 9550. The van der Waals surface area contributed by atoms with E-state index in [1.165, 1.54) is 20.5 Å². The average Bonchev–Trinajstić information content (AvgIpc) is 1.81. The summed E-state index contributed by atoms with van der Waals surface area (Å²) in [4.78, 5) is 0. The quantitative estimate of drug-likeness (QED) is 0.368. The first kappa shape index (κ1) is 42.2. The fourth-order valence-electron chi connectivity index (χ4n) is 0. The van der Waals surface area contributed by atoms with E-state index >= 15 is 0 Å². The minimum atomic E-state index is 0. The molecule has 0 radical (unpaired) electrons. The lowest BCUT2D eigenvalue weighted by Crippen LogP contribution is -1.69. The van der Waals surface area contributed by atoms with Gasteiger partial charge in [0.15, 0.2) is 0 Å². The van der Waals surface area contributed by atoms with Gasteiger partial charge in [-0.3, -0.25) is 0 Å². The van der Waals surface area contributed by atoms with Gasteiger partial charge in [-0.05, 0) is 14.1 Å². The molecule has 0 aliphatic carbocycles. The number of alkyl halides is 1. The predicted octanol–water partition coefficient (Wildman–Crippen LogP) is 0.329. The topological polar surface area (TPSA) is 122 Å². The highest BCUT2D eigenvalue weighted by atomic mass is 35.5. The maximum atomic E-state index is 4.64. The number of nitrogens with two attached hydrogens (primary N) is 2. The molecule has 0 amide bonds. The molecule has 0 aromatic rings. The number of hydrogen-bond donors (Lipinski definition) is 4. The van der Waals surface area contributed by atoms with Crippen LogP contribution in [0.1, 0.15) is 0 Å². The molecule has 10 N–H and O–H groups in total. The van der Waals surface area contributed by atoms with E-state index in [0.717, 1.165) is 0 Å². The van der Waals surface area contributed by atoms with Crippen LogP contribution in [0, 0.1) is 0 Å². The molecule has 0 aromatic heterocycles. The molecule has 0 aliphatic rings. The Bertz CT molecular complexity index is 11.2. The molecule has 0 heterocycles. The standard InChI is InChI=1S/CH3Cl.2CH5N.2H3N/c3*1-2;;/h1H3;2*2H2,1H3;2*1H3. The average molecular weight is 147 g/mol. The van der Waals surface area contributed by atoms with Crippen LogP contribution >= 0.6 is 11.6 Å². The molecule has 0 fully saturated rings. The van der Waals surface area contributed by atoms with Gasteiger partial charge in [-0.2, -0.15) is 0 Å². The van der Waals surface area contributed by atoms with E-state index in [-0.39, 0.29) is 12.3 Å². The summed E-state index contributed by atoms with van der Waals surface area (Å²) in [6.07, 6.45) is 1.47. The summed E-state index contributed by atoms with van der Waals surface area (Å²) in [6, 6.07) is 0. The zero-order valence-corrected chi connectivity index (χ0v) is 6.70. The molecule has 0 aliphatic heterocycles. The predicted molar refractivity (Wildman–Crippen MR) is 42.0 cm³/mol. The van der Waals surface area contributed by atoms with Gasteiger partial charge in [0.1, 0.15) is 0 Å². The summed E-state index contributed by atoms with van der Waals surface area (Å²) >= 11 is 4.64. The lowest BCUT2D eigenvalue weighted by Gasteiger charge is -1.19. The van der Waals surface area contributed by atoms with Gasteiger partial charge in [0.05, 0.1) is 0 Å². The van der Waals surface area contributed by atoms with Crippen molar-refractivity contribution < 1.29 is 0 Å². The summed E-state index contributed by atoms with van der Waals surface area (Å²) < 4.78 is 0. The molecule has 0 saturated heterocycles. The number of hydrogen-bond acceptors (Lipinski definition) is 4. The van der Waals surface area contributed by atoms with Crippen LogP contribution in [-0.2, 0) is 0 Å². The van der Waals surface area contributed by atoms with Crippen molar-refractivity contribution in [2.75, 3.05) is 20.5 Å². The van der Waals surface area contributed by atoms with Crippen LogP contribution in [-0.4, -0.2) is 20.5 Å². The van der Waals surface area contributed by atoms with Gasteiger partial charge in [0.2, 0.25) is 0 Å². The van der Waals surface area contributed by atoms with Crippen LogP contribution in [0.3, 0.4) is 0 Å². The summed E-state index contributed by atoms with van der Waals surface area (Å²) in [6.45, 7) is 0. The second kappa shape index (κ2) is 15900. The van der Waals surface area contributed by atoms with Gasteiger partial charge in [-0.25, -0.2) is 0 Å². The highest BCUT2D eigenvalue weighted by Crippen LogP contribution is 1.34. The van der Waals surface area contributed by atoms with E-state index in [2.05, 4.69) is 23.1 Å². The van der Waals surface area contributed by atoms with Gasteiger partial charge >= 0.3 is 0 Å². The molecule has 0 spiro atoms. The number of halogens is 1. The Kier molecular flexibility index (Phi) is 83600. The van der Waals surface area contributed by atoms with E-state index in [0.29, 0.717) is 0 Å². The van der Waals surface area contributed by atoms with Gasteiger partial charge in [0, 0.05) is 6.38 Å². The molecular weight excluding hydrogens is 128 g/mol. The molecule has 8 heavy (non-hydrogen) atoms. The molecule has 5 heteroatoms. The maximum Gasteiger partial charge on any atom is 0.0108 e. The lowest BCUT2D eigenvalue weighted by atomic mass is 11.6. The highest BCUT2D eigenvalue weighted by Gasteiger charge is 0.943. The van der Waals surface area contributed by atoms with E-state index in [1.54, 1.807) is 0 Å². The molecule has 0 saturated carbocycles. The Morgan fingerprint density at radius 1 is 0.750 bits per heavy atom. The zero-order valence-electron chi connectivity index (χ0n) is 5.95.